The molecule has 0 aliphatic rings. The van der Waals surface area contributed by atoms with Crippen LogP contribution in [0.3, 0.4) is 0 Å². The Bertz CT molecular complexity index is 617. The van der Waals surface area contributed by atoms with Crippen LogP contribution in [0.5, 0.6) is 11.5 Å². The second-order valence-electron chi connectivity index (χ2n) is 4.09. The van der Waals surface area contributed by atoms with Crippen molar-refractivity contribution in [3.63, 3.8) is 0 Å². The molecule has 5 heteroatoms. The fourth-order valence-corrected chi connectivity index (χ4v) is 3.38. The monoisotopic (exact) mass is 402 g/mol. The van der Waals surface area contributed by atoms with E-state index in [0.29, 0.717) is 21.5 Å². The molecule has 2 nitrogen and oxygen atoms in total. The van der Waals surface area contributed by atoms with Crippen LogP contribution in [0, 0.1) is 5.82 Å². The van der Waals surface area contributed by atoms with Crippen LogP contribution in [0.1, 0.15) is 16.0 Å². The molecule has 0 amide bonds. The molecule has 106 valence electrons. The van der Waals surface area contributed by atoms with Crippen LogP contribution in [-0.2, 0) is 0 Å². The number of halogens is 3. The molecule has 0 saturated heterocycles. The Kier molecular flexibility index (Phi) is 5.05. The highest BCUT2D eigenvalue weighted by molar-refractivity contribution is 9.10. The van der Waals surface area contributed by atoms with Crippen molar-refractivity contribution < 1.29 is 13.9 Å². The number of alkyl halides is 1. The van der Waals surface area contributed by atoms with Crippen molar-refractivity contribution in [1.29, 1.82) is 0 Å². The molecule has 0 aliphatic heterocycles. The summed E-state index contributed by atoms with van der Waals surface area (Å²) in [5.41, 5.74) is 1.38. The lowest BCUT2D eigenvalue weighted by molar-refractivity contribution is 0.386. The summed E-state index contributed by atoms with van der Waals surface area (Å²) in [6.45, 7) is 0. The maximum absolute atomic E-state index is 13.9. The van der Waals surface area contributed by atoms with E-state index in [-0.39, 0.29) is 10.6 Å². The number of hydrogen-bond donors (Lipinski definition) is 0. The highest BCUT2D eigenvalue weighted by atomic mass is 79.9. The predicted molar refractivity (Wildman–Crippen MR) is 84.4 cm³/mol. The van der Waals surface area contributed by atoms with Crippen molar-refractivity contribution in [3.8, 4) is 11.5 Å². The first kappa shape index (κ1) is 15.3. The van der Waals surface area contributed by atoms with Gasteiger partial charge in [0.2, 0.25) is 0 Å². The first-order chi connectivity index (χ1) is 9.60. The first-order valence-electron chi connectivity index (χ1n) is 5.89. The van der Waals surface area contributed by atoms with Gasteiger partial charge in [0, 0.05) is 11.1 Å². The summed E-state index contributed by atoms with van der Waals surface area (Å²) in [5, 5.41) is 0. The molecule has 2 aromatic carbocycles. The van der Waals surface area contributed by atoms with Crippen LogP contribution in [0.2, 0.25) is 0 Å². The van der Waals surface area contributed by atoms with Gasteiger partial charge in [-0.1, -0.05) is 40.2 Å². The number of ether oxygens (including phenoxy) is 2. The van der Waals surface area contributed by atoms with Gasteiger partial charge in [-0.2, -0.15) is 0 Å². The summed E-state index contributed by atoms with van der Waals surface area (Å²) in [6, 6.07) is 10.3. The molecule has 0 saturated carbocycles. The molecule has 2 rings (SSSR count). The number of hydrogen-bond acceptors (Lipinski definition) is 2. The molecule has 0 aliphatic carbocycles. The van der Waals surface area contributed by atoms with Crippen LogP contribution in [0.4, 0.5) is 4.39 Å². The van der Waals surface area contributed by atoms with Crippen LogP contribution < -0.4 is 9.47 Å². The summed E-state index contributed by atoms with van der Waals surface area (Å²) in [7, 11) is 3.16. The van der Waals surface area contributed by atoms with Gasteiger partial charge in [-0.05, 0) is 28.1 Å². The average molecular weight is 404 g/mol. The van der Waals surface area contributed by atoms with Gasteiger partial charge in [-0.15, -0.1) is 0 Å². The zero-order valence-corrected chi connectivity index (χ0v) is 14.2. The van der Waals surface area contributed by atoms with E-state index in [2.05, 4.69) is 31.9 Å². The minimum atomic E-state index is -0.305. The zero-order chi connectivity index (χ0) is 14.7. The fourth-order valence-electron chi connectivity index (χ4n) is 1.97. The van der Waals surface area contributed by atoms with E-state index in [9.17, 15) is 4.39 Å². The standard InChI is InChI=1S/C15H13Br2FO2/c1-19-12-8-7-10(15(20-2)14(12)17)13(16)9-5-3-4-6-11(9)18/h3-8,13H,1-2H3. The molecule has 0 N–H and O–H groups in total. The third kappa shape index (κ3) is 2.83. The lowest BCUT2D eigenvalue weighted by Crippen LogP contribution is -2.01. The lowest BCUT2D eigenvalue weighted by Gasteiger charge is -2.18. The molecule has 0 bridgehead atoms. The summed E-state index contributed by atoms with van der Waals surface area (Å²) in [6.07, 6.45) is 0. The Hall–Kier alpha value is -1.07. The third-order valence-electron chi connectivity index (χ3n) is 2.97. The van der Waals surface area contributed by atoms with Gasteiger partial charge in [0.15, 0.2) is 0 Å². The van der Waals surface area contributed by atoms with Crippen molar-refractivity contribution >= 4 is 31.9 Å². The van der Waals surface area contributed by atoms with E-state index in [1.165, 1.54) is 6.07 Å². The Morgan fingerprint density at radius 2 is 1.70 bits per heavy atom. The minimum absolute atomic E-state index is 0.261. The quantitative estimate of drug-likeness (QED) is 0.662. The average Bonchev–Trinajstić information content (AvgIpc) is 2.46. The van der Waals surface area contributed by atoms with E-state index in [0.717, 1.165) is 5.56 Å². The third-order valence-corrected chi connectivity index (χ3v) is 4.70. The van der Waals surface area contributed by atoms with Gasteiger partial charge in [0.05, 0.1) is 19.0 Å². The normalized spacial score (nSPS) is 12.1. The second kappa shape index (κ2) is 6.59. The van der Waals surface area contributed by atoms with E-state index >= 15 is 0 Å². The molecule has 0 aromatic heterocycles. The van der Waals surface area contributed by atoms with Crippen LogP contribution in [-0.4, -0.2) is 14.2 Å². The molecule has 20 heavy (non-hydrogen) atoms. The van der Waals surface area contributed by atoms with E-state index in [1.807, 2.05) is 12.1 Å². The molecule has 0 radical (unpaired) electrons. The Morgan fingerprint density at radius 1 is 1.00 bits per heavy atom. The van der Waals surface area contributed by atoms with Gasteiger partial charge >= 0.3 is 0 Å². The molecular weight excluding hydrogens is 391 g/mol. The van der Waals surface area contributed by atoms with Crippen molar-refractivity contribution in [3.05, 3.63) is 57.8 Å². The van der Waals surface area contributed by atoms with Crippen LogP contribution >= 0.6 is 31.9 Å². The van der Waals surface area contributed by atoms with Gasteiger partial charge < -0.3 is 9.47 Å². The minimum Gasteiger partial charge on any atom is -0.495 e. The maximum Gasteiger partial charge on any atom is 0.141 e. The Balaban J connectivity index is 2.53. The molecule has 0 fully saturated rings. The van der Waals surface area contributed by atoms with Crippen LogP contribution in [0.15, 0.2) is 40.9 Å². The predicted octanol–water partition coefficient (Wildman–Crippen LogP) is 5.09. The summed E-state index contributed by atoms with van der Waals surface area (Å²) >= 11 is 6.98. The highest BCUT2D eigenvalue weighted by Crippen LogP contribution is 2.44. The van der Waals surface area contributed by atoms with E-state index in [4.69, 9.17) is 9.47 Å². The lowest BCUT2D eigenvalue weighted by atomic mass is 10.0. The van der Waals surface area contributed by atoms with Crippen molar-refractivity contribution in [2.45, 2.75) is 4.83 Å². The number of benzene rings is 2. The fraction of sp³-hybridized carbons (Fsp3) is 0.200. The second-order valence-corrected chi connectivity index (χ2v) is 5.80. The highest BCUT2D eigenvalue weighted by Gasteiger charge is 2.21. The molecule has 1 atom stereocenters. The van der Waals surface area contributed by atoms with Crippen molar-refractivity contribution in [1.82, 2.24) is 0 Å². The Morgan fingerprint density at radius 3 is 2.30 bits per heavy atom. The van der Waals surface area contributed by atoms with Gasteiger partial charge in [-0.3, -0.25) is 0 Å². The summed E-state index contributed by atoms with van der Waals surface area (Å²) < 4.78 is 25.3. The SMILES string of the molecule is COc1ccc(C(Br)c2ccccc2F)c(OC)c1Br. The van der Waals surface area contributed by atoms with E-state index in [1.54, 1.807) is 32.4 Å². The molecule has 1 unspecified atom stereocenters. The zero-order valence-electron chi connectivity index (χ0n) is 11.0. The molecule has 0 heterocycles. The summed E-state index contributed by atoms with van der Waals surface area (Å²) in [5.74, 6) is 1.02. The Labute approximate surface area is 134 Å². The first-order valence-corrected chi connectivity index (χ1v) is 7.59. The number of rotatable bonds is 4. The van der Waals surface area contributed by atoms with E-state index < -0.39 is 0 Å². The largest absolute Gasteiger partial charge is 0.495 e. The van der Waals surface area contributed by atoms with Gasteiger partial charge in [0.25, 0.3) is 0 Å². The topological polar surface area (TPSA) is 18.5 Å². The number of methoxy groups -OCH3 is 2. The molecule has 0 spiro atoms. The van der Waals surface area contributed by atoms with Crippen molar-refractivity contribution in [2.75, 3.05) is 14.2 Å². The van der Waals surface area contributed by atoms with Crippen molar-refractivity contribution in [2.24, 2.45) is 0 Å². The molecule has 2 aromatic rings. The summed E-state index contributed by atoms with van der Waals surface area (Å²) in [4.78, 5) is -0.305. The smallest absolute Gasteiger partial charge is 0.141 e. The maximum atomic E-state index is 13.9. The van der Waals surface area contributed by atoms with Crippen LogP contribution in [0.25, 0.3) is 0 Å². The van der Waals surface area contributed by atoms with Gasteiger partial charge in [-0.25, -0.2) is 4.39 Å². The molecular formula is C15H13Br2FO2. The van der Waals surface area contributed by atoms with Gasteiger partial charge in [0.1, 0.15) is 21.8 Å².